The number of ether oxygens (including phenoxy) is 1. The normalized spacial score (nSPS) is 15.4. The lowest BCUT2D eigenvalue weighted by Crippen LogP contribution is -2.36. The van der Waals surface area contributed by atoms with Gasteiger partial charge in [0.25, 0.3) is 0 Å². The van der Waals surface area contributed by atoms with Crippen LogP contribution in [0.15, 0.2) is 18.2 Å². The molecule has 1 heterocycles. The Labute approximate surface area is 84.9 Å². The lowest BCUT2D eigenvalue weighted by atomic mass is 10.1. The molecule has 3 nitrogen and oxygen atoms in total. The molecule has 0 saturated heterocycles. The van der Waals surface area contributed by atoms with Crippen molar-refractivity contribution in [1.82, 2.24) is 0 Å². The third-order valence-corrected chi connectivity index (χ3v) is 2.76. The van der Waals surface area contributed by atoms with Gasteiger partial charge in [0.1, 0.15) is 11.4 Å². The van der Waals surface area contributed by atoms with Crippen molar-refractivity contribution in [3.8, 4) is 5.75 Å². The van der Waals surface area contributed by atoms with E-state index in [1.807, 2.05) is 12.1 Å². The minimum Gasteiger partial charge on any atom is -0.495 e. The van der Waals surface area contributed by atoms with Gasteiger partial charge in [-0.25, -0.2) is 0 Å². The largest absolute Gasteiger partial charge is 0.495 e. The molecular formula is C11H16N2O. The molecule has 3 heteroatoms. The fourth-order valence-electron chi connectivity index (χ4n) is 1.90. The molecule has 0 saturated carbocycles. The van der Waals surface area contributed by atoms with Crippen molar-refractivity contribution in [2.24, 2.45) is 0 Å². The molecule has 0 spiro atoms. The fourth-order valence-corrected chi connectivity index (χ4v) is 1.90. The van der Waals surface area contributed by atoms with E-state index < -0.39 is 0 Å². The molecule has 0 aliphatic carbocycles. The van der Waals surface area contributed by atoms with Crippen LogP contribution in [0.5, 0.6) is 5.75 Å². The van der Waals surface area contributed by atoms with Crippen molar-refractivity contribution in [2.45, 2.75) is 0 Å². The van der Waals surface area contributed by atoms with Gasteiger partial charge in [-0.2, -0.15) is 0 Å². The molecule has 0 aromatic heterocycles. The second kappa shape index (κ2) is 3.40. The Hall–Kier alpha value is -1.38. The SMILES string of the molecule is COc1cccc2c1N(C)CCN2C. The topological polar surface area (TPSA) is 15.7 Å². The summed E-state index contributed by atoms with van der Waals surface area (Å²) in [6, 6.07) is 6.18. The van der Waals surface area contributed by atoms with Crippen molar-refractivity contribution in [2.75, 3.05) is 44.1 Å². The third kappa shape index (κ3) is 1.29. The standard InChI is InChI=1S/C11H16N2O/c1-12-7-8-13(2)11-9(12)5-4-6-10(11)14-3/h4-6H,7-8H2,1-3H3. The molecule has 1 aliphatic rings. The summed E-state index contributed by atoms with van der Waals surface area (Å²) in [5.41, 5.74) is 2.45. The van der Waals surface area contributed by atoms with Gasteiger partial charge in [-0.05, 0) is 12.1 Å². The number of anilines is 2. The van der Waals surface area contributed by atoms with E-state index in [1.165, 1.54) is 11.4 Å². The van der Waals surface area contributed by atoms with Gasteiger partial charge in [-0.1, -0.05) is 6.07 Å². The fraction of sp³-hybridized carbons (Fsp3) is 0.455. The van der Waals surface area contributed by atoms with Crippen LogP contribution in [0, 0.1) is 0 Å². The Balaban J connectivity index is 2.54. The van der Waals surface area contributed by atoms with Crippen LogP contribution in [0.4, 0.5) is 11.4 Å². The van der Waals surface area contributed by atoms with Crippen molar-refractivity contribution >= 4 is 11.4 Å². The number of methoxy groups -OCH3 is 1. The van der Waals surface area contributed by atoms with Crippen LogP contribution in [-0.4, -0.2) is 34.3 Å². The Morgan fingerprint density at radius 1 is 1.14 bits per heavy atom. The first-order valence-corrected chi connectivity index (χ1v) is 4.83. The Morgan fingerprint density at radius 3 is 2.57 bits per heavy atom. The lowest BCUT2D eigenvalue weighted by Gasteiger charge is -2.35. The highest BCUT2D eigenvalue weighted by Gasteiger charge is 2.20. The second-order valence-corrected chi connectivity index (χ2v) is 3.67. The monoisotopic (exact) mass is 192 g/mol. The van der Waals surface area contributed by atoms with Gasteiger partial charge in [0.05, 0.1) is 12.8 Å². The van der Waals surface area contributed by atoms with Crippen molar-refractivity contribution in [3.05, 3.63) is 18.2 Å². The van der Waals surface area contributed by atoms with Crippen LogP contribution in [-0.2, 0) is 0 Å². The average Bonchev–Trinajstić information content (AvgIpc) is 2.23. The molecule has 0 amide bonds. The quantitative estimate of drug-likeness (QED) is 0.672. The molecule has 0 fully saturated rings. The molecule has 0 N–H and O–H groups in total. The highest BCUT2D eigenvalue weighted by Crippen LogP contribution is 2.39. The maximum Gasteiger partial charge on any atom is 0.144 e. The van der Waals surface area contributed by atoms with E-state index >= 15 is 0 Å². The van der Waals surface area contributed by atoms with Crippen LogP contribution >= 0.6 is 0 Å². The number of hydrogen-bond acceptors (Lipinski definition) is 3. The third-order valence-electron chi connectivity index (χ3n) is 2.76. The molecule has 0 radical (unpaired) electrons. The number of likely N-dealkylation sites (N-methyl/N-ethyl adjacent to an activating group) is 2. The molecule has 1 aliphatic heterocycles. The van der Waals surface area contributed by atoms with Gasteiger partial charge < -0.3 is 14.5 Å². The van der Waals surface area contributed by atoms with Crippen LogP contribution in [0.3, 0.4) is 0 Å². The van der Waals surface area contributed by atoms with E-state index in [9.17, 15) is 0 Å². The van der Waals surface area contributed by atoms with Crippen molar-refractivity contribution in [3.63, 3.8) is 0 Å². The van der Waals surface area contributed by atoms with Crippen LogP contribution < -0.4 is 14.5 Å². The first kappa shape index (κ1) is 9.19. The Bertz CT molecular complexity index is 338. The van der Waals surface area contributed by atoms with Crippen LogP contribution in [0.1, 0.15) is 0 Å². The minimum atomic E-state index is 0.955. The smallest absolute Gasteiger partial charge is 0.144 e. The van der Waals surface area contributed by atoms with Gasteiger partial charge in [-0.15, -0.1) is 0 Å². The summed E-state index contributed by atoms with van der Waals surface area (Å²) in [5, 5.41) is 0. The van der Waals surface area contributed by atoms with Gasteiger partial charge in [-0.3, -0.25) is 0 Å². The van der Waals surface area contributed by atoms with Crippen molar-refractivity contribution < 1.29 is 4.74 Å². The zero-order valence-corrected chi connectivity index (χ0v) is 8.95. The number of fused-ring (bicyclic) bond motifs is 1. The van der Waals surface area contributed by atoms with E-state index in [2.05, 4.69) is 30.0 Å². The highest BCUT2D eigenvalue weighted by atomic mass is 16.5. The average molecular weight is 192 g/mol. The highest BCUT2D eigenvalue weighted by molar-refractivity contribution is 5.78. The van der Waals surface area contributed by atoms with Crippen LogP contribution in [0.2, 0.25) is 0 Å². The first-order valence-electron chi connectivity index (χ1n) is 4.83. The van der Waals surface area contributed by atoms with Crippen LogP contribution in [0.25, 0.3) is 0 Å². The Morgan fingerprint density at radius 2 is 1.86 bits per heavy atom. The summed E-state index contributed by atoms with van der Waals surface area (Å²) in [6.45, 7) is 2.11. The van der Waals surface area contributed by atoms with Gasteiger partial charge >= 0.3 is 0 Å². The molecule has 0 atom stereocenters. The number of para-hydroxylation sites is 1. The minimum absolute atomic E-state index is 0.955. The summed E-state index contributed by atoms with van der Waals surface area (Å²) >= 11 is 0. The number of nitrogens with zero attached hydrogens (tertiary/aromatic N) is 2. The van der Waals surface area contributed by atoms with Gasteiger partial charge in [0, 0.05) is 27.2 Å². The molecule has 0 bridgehead atoms. The molecule has 0 unspecified atom stereocenters. The van der Waals surface area contributed by atoms with Gasteiger partial charge in [0.15, 0.2) is 0 Å². The molecular weight excluding hydrogens is 176 g/mol. The van der Waals surface area contributed by atoms with E-state index in [0.717, 1.165) is 18.8 Å². The van der Waals surface area contributed by atoms with E-state index in [-0.39, 0.29) is 0 Å². The summed E-state index contributed by atoms with van der Waals surface area (Å²) in [6.07, 6.45) is 0. The Kier molecular flexibility index (Phi) is 2.23. The van der Waals surface area contributed by atoms with E-state index in [4.69, 9.17) is 4.74 Å². The van der Waals surface area contributed by atoms with E-state index in [1.54, 1.807) is 7.11 Å². The zero-order chi connectivity index (χ0) is 10.1. The number of hydrogen-bond donors (Lipinski definition) is 0. The zero-order valence-electron chi connectivity index (χ0n) is 8.95. The molecule has 14 heavy (non-hydrogen) atoms. The molecule has 76 valence electrons. The molecule has 1 aromatic carbocycles. The van der Waals surface area contributed by atoms with Gasteiger partial charge in [0.2, 0.25) is 0 Å². The number of benzene rings is 1. The summed E-state index contributed by atoms with van der Waals surface area (Å²) < 4.78 is 5.36. The summed E-state index contributed by atoms with van der Waals surface area (Å²) in [5.74, 6) is 0.955. The van der Waals surface area contributed by atoms with Crippen molar-refractivity contribution in [1.29, 1.82) is 0 Å². The predicted molar refractivity (Wildman–Crippen MR) is 59.5 cm³/mol. The lowest BCUT2D eigenvalue weighted by molar-refractivity contribution is 0.414. The number of rotatable bonds is 1. The molecule has 2 rings (SSSR count). The van der Waals surface area contributed by atoms with E-state index in [0.29, 0.717) is 0 Å². The first-order chi connectivity index (χ1) is 6.74. The second-order valence-electron chi connectivity index (χ2n) is 3.67. The maximum absolute atomic E-state index is 5.36. The summed E-state index contributed by atoms with van der Waals surface area (Å²) in [7, 11) is 5.94. The summed E-state index contributed by atoms with van der Waals surface area (Å²) in [4.78, 5) is 4.51. The predicted octanol–water partition coefficient (Wildman–Crippen LogP) is 1.58. The maximum atomic E-state index is 5.36. The molecule has 1 aromatic rings.